The molecule has 1 unspecified atom stereocenters. The summed E-state index contributed by atoms with van der Waals surface area (Å²) in [5.41, 5.74) is 1.28. The number of nitrogens with one attached hydrogen (secondary N) is 1. The lowest BCUT2D eigenvalue weighted by molar-refractivity contribution is 0.230. The average molecular weight is 275 g/mol. The van der Waals surface area contributed by atoms with E-state index in [-0.39, 0.29) is 0 Å². The zero-order chi connectivity index (χ0) is 13.9. The van der Waals surface area contributed by atoms with E-state index in [4.69, 9.17) is 0 Å². The molecular weight excluding hydrogens is 250 g/mol. The van der Waals surface area contributed by atoms with E-state index in [1.807, 2.05) is 7.05 Å². The minimum absolute atomic E-state index is 0.728. The maximum Gasteiger partial charge on any atom is 0.137 e. The van der Waals surface area contributed by atoms with Crippen molar-refractivity contribution in [1.82, 2.24) is 14.9 Å². The van der Waals surface area contributed by atoms with Crippen LogP contribution >= 0.6 is 0 Å². The highest BCUT2D eigenvalue weighted by atomic mass is 15.3. The summed E-state index contributed by atoms with van der Waals surface area (Å²) in [6, 6.07) is 0.728. The van der Waals surface area contributed by atoms with Crippen LogP contribution in [0.2, 0.25) is 0 Å². The zero-order valence-corrected chi connectivity index (χ0v) is 12.6. The molecule has 1 aromatic rings. The monoisotopic (exact) mass is 275 g/mol. The predicted molar refractivity (Wildman–Crippen MR) is 82.4 cm³/mol. The molecule has 2 aliphatic rings. The van der Waals surface area contributed by atoms with Crippen LogP contribution in [0, 0.1) is 0 Å². The van der Waals surface area contributed by atoms with Crippen molar-refractivity contribution in [3.63, 3.8) is 0 Å². The van der Waals surface area contributed by atoms with Crippen molar-refractivity contribution in [2.75, 3.05) is 43.4 Å². The molecule has 3 heterocycles. The summed E-state index contributed by atoms with van der Waals surface area (Å²) in [5.74, 6) is 2.14. The first-order chi connectivity index (χ1) is 9.83. The number of anilines is 2. The second kappa shape index (κ2) is 5.95. The molecule has 3 rings (SSSR count). The lowest BCUT2D eigenvalue weighted by atomic mass is 10.1. The van der Waals surface area contributed by atoms with Gasteiger partial charge < -0.3 is 10.2 Å². The fourth-order valence-corrected chi connectivity index (χ4v) is 3.55. The van der Waals surface area contributed by atoms with Gasteiger partial charge in [-0.3, -0.25) is 4.90 Å². The SMILES string of the molecule is CCCc1c(NC)ncnc1N1CCN2CCCC2C1. The summed E-state index contributed by atoms with van der Waals surface area (Å²) in [7, 11) is 1.94. The maximum atomic E-state index is 4.60. The highest BCUT2D eigenvalue weighted by Gasteiger charge is 2.32. The number of fused-ring (bicyclic) bond motifs is 1. The van der Waals surface area contributed by atoms with Gasteiger partial charge in [0.2, 0.25) is 0 Å². The third-order valence-corrected chi connectivity index (χ3v) is 4.55. The second-order valence-electron chi connectivity index (χ2n) is 5.80. The molecule has 0 saturated carbocycles. The summed E-state index contributed by atoms with van der Waals surface area (Å²) in [6.45, 7) is 6.89. The maximum absolute atomic E-state index is 4.60. The molecule has 1 atom stereocenters. The van der Waals surface area contributed by atoms with E-state index in [2.05, 4.69) is 32.0 Å². The van der Waals surface area contributed by atoms with E-state index in [0.29, 0.717) is 0 Å². The Bertz CT molecular complexity index is 462. The van der Waals surface area contributed by atoms with Crippen molar-refractivity contribution in [2.45, 2.75) is 38.6 Å². The Balaban J connectivity index is 1.85. The first-order valence-corrected chi connectivity index (χ1v) is 7.84. The van der Waals surface area contributed by atoms with Crippen LogP contribution in [0.4, 0.5) is 11.6 Å². The molecule has 1 aromatic heterocycles. The van der Waals surface area contributed by atoms with Crippen molar-refractivity contribution in [1.29, 1.82) is 0 Å². The van der Waals surface area contributed by atoms with Crippen LogP contribution in [-0.2, 0) is 6.42 Å². The molecule has 0 aromatic carbocycles. The molecule has 2 saturated heterocycles. The topological polar surface area (TPSA) is 44.3 Å². The van der Waals surface area contributed by atoms with Gasteiger partial charge in [-0.05, 0) is 25.8 Å². The fraction of sp³-hybridized carbons (Fsp3) is 0.733. The highest BCUT2D eigenvalue weighted by Crippen LogP contribution is 2.29. The lowest BCUT2D eigenvalue weighted by Gasteiger charge is -2.39. The Kier molecular flexibility index (Phi) is 4.05. The van der Waals surface area contributed by atoms with E-state index in [9.17, 15) is 0 Å². The lowest BCUT2D eigenvalue weighted by Crippen LogP contribution is -2.50. The molecule has 0 spiro atoms. The molecular formula is C15H25N5. The smallest absolute Gasteiger partial charge is 0.137 e. The second-order valence-corrected chi connectivity index (χ2v) is 5.80. The summed E-state index contributed by atoms with van der Waals surface area (Å²) in [5, 5.41) is 3.22. The van der Waals surface area contributed by atoms with Crippen molar-refractivity contribution in [3.8, 4) is 0 Å². The van der Waals surface area contributed by atoms with E-state index < -0.39 is 0 Å². The number of nitrogens with zero attached hydrogens (tertiary/aromatic N) is 4. The van der Waals surface area contributed by atoms with Crippen LogP contribution in [-0.4, -0.2) is 54.1 Å². The van der Waals surface area contributed by atoms with E-state index in [1.165, 1.54) is 31.5 Å². The van der Waals surface area contributed by atoms with Crippen LogP contribution < -0.4 is 10.2 Å². The largest absolute Gasteiger partial charge is 0.373 e. The predicted octanol–water partition coefficient (Wildman–Crippen LogP) is 1.76. The minimum atomic E-state index is 0.728. The minimum Gasteiger partial charge on any atom is -0.373 e. The van der Waals surface area contributed by atoms with Gasteiger partial charge >= 0.3 is 0 Å². The molecule has 2 aliphatic heterocycles. The molecule has 0 aliphatic carbocycles. The number of rotatable bonds is 4. The number of hydrogen-bond donors (Lipinski definition) is 1. The van der Waals surface area contributed by atoms with Gasteiger partial charge in [0, 0.05) is 38.3 Å². The molecule has 20 heavy (non-hydrogen) atoms. The van der Waals surface area contributed by atoms with Gasteiger partial charge in [0.25, 0.3) is 0 Å². The Morgan fingerprint density at radius 1 is 1.30 bits per heavy atom. The summed E-state index contributed by atoms with van der Waals surface area (Å²) < 4.78 is 0. The van der Waals surface area contributed by atoms with Gasteiger partial charge in [-0.2, -0.15) is 0 Å². The van der Waals surface area contributed by atoms with E-state index in [1.54, 1.807) is 6.33 Å². The average Bonchev–Trinajstić information content (AvgIpc) is 2.95. The molecule has 0 amide bonds. The Labute approximate surface area is 121 Å². The van der Waals surface area contributed by atoms with Gasteiger partial charge in [0.1, 0.15) is 18.0 Å². The van der Waals surface area contributed by atoms with Crippen LogP contribution in [0.25, 0.3) is 0 Å². The summed E-state index contributed by atoms with van der Waals surface area (Å²) >= 11 is 0. The number of piperazine rings is 1. The Morgan fingerprint density at radius 2 is 2.20 bits per heavy atom. The third-order valence-electron chi connectivity index (χ3n) is 4.55. The van der Waals surface area contributed by atoms with Crippen LogP contribution in [0.1, 0.15) is 31.7 Å². The van der Waals surface area contributed by atoms with E-state index >= 15 is 0 Å². The van der Waals surface area contributed by atoms with Gasteiger partial charge in [0.15, 0.2) is 0 Å². The molecule has 0 bridgehead atoms. The Hall–Kier alpha value is -1.36. The standard InChI is InChI=1S/C15H25N5/c1-3-5-13-14(16-2)17-11-18-15(13)20-9-8-19-7-4-6-12(19)10-20/h11-12H,3-10H2,1-2H3,(H,16,17,18). The van der Waals surface area contributed by atoms with Gasteiger partial charge in [0.05, 0.1) is 0 Å². The first-order valence-electron chi connectivity index (χ1n) is 7.84. The molecule has 5 heteroatoms. The molecule has 1 N–H and O–H groups in total. The normalized spacial score (nSPS) is 22.9. The third kappa shape index (κ3) is 2.46. The summed E-state index contributed by atoms with van der Waals surface area (Å²) in [6.07, 6.45) is 6.55. The number of hydrogen-bond acceptors (Lipinski definition) is 5. The molecule has 0 radical (unpaired) electrons. The van der Waals surface area contributed by atoms with Crippen LogP contribution in [0.15, 0.2) is 6.33 Å². The Morgan fingerprint density at radius 3 is 3.00 bits per heavy atom. The van der Waals surface area contributed by atoms with Gasteiger partial charge in [-0.1, -0.05) is 13.3 Å². The van der Waals surface area contributed by atoms with E-state index in [0.717, 1.165) is 43.6 Å². The van der Waals surface area contributed by atoms with Crippen molar-refractivity contribution < 1.29 is 0 Å². The molecule has 2 fully saturated rings. The zero-order valence-electron chi connectivity index (χ0n) is 12.6. The summed E-state index contributed by atoms with van der Waals surface area (Å²) in [4.78, 5) is 14.1. The first kappa shape index (κ1) is 13.6. The van der Waals surface area contributed by atoms with Crippen LogP contribution in [0.3, 0.4) is 0 Å². The molecule has 110 valence electrons. The van der Waals surface area contributed by atoms with Crippen molar-refractivity contribution in [2.24, 2.45) is 0 Å². The van der Waals surface area contributed by atoms with Crippen molar-refractivity contribution >= 4 is 11.6 Å². The number of aromatic nitrogens is 2. The highest BCUT2D eigenvalue weighted by molar-refractivity contribution is 5.59. The fourth-order valence-electron chi connectivity index (χ4n) is 3.55. The molecule has 5 nitrogen and oxygen atoms in total. The quantitative estimate of drug-likeness (QED) is 0.907. The van der Waals surface area contributed by atoms with Crippen LogP contribution in [0.5, 0.6) is 0 Å². The van der Waals surface area contributed by atoms with Crippen molar-refractivity contribution in [3.05, 3.63) is 11.9 Å². The van der Waals surface area contributed by atoms with Gasteiger partial charge in [-0.15, -0.1) is 0 Å². The van der Waals surface area contributed by atoms with Gasteiger partial charge in [-0.25, -0.2) is 9.97 Å².